The fourth-order valence-corrected chi connectivity index (χ4v) is 5.28. The highest BCUT2D eigenvalue weighted by molar-refractivity contribution is 7.10. The van der Waals surface area contributed by atoms with Gasteiger partial charge in [0, 0.05) is 42.1 Å². The minimum absolute atomic E-state index is 0.101. The minimum Gasteiger partial charge on any atom is -0.481 e. The number of rotatable bonds is 19. The predicted molar refractivity (Wildman–Crippen MR) is 150 cm³/mol. The third-order valence-electron chi connectivity index (χ3n) is 5.89. The molecule has 2 rings (SSSR count). The zero-order valence-electron chi connectivity index (χ0n) is 21.5. The average molecular weight is 566 g/mol. The Morgan fingerprint density at radius 1 is 0.763 bits per heavy atom. The normalized spacial score (nSPS) is 13.3. The molecule has 38 heavy (non-hydrogen) atoms. The lowest BCUT2D eigenvalue weighted by atomic mass is 10.1. The summed E-state index contributed by atoms with van der Waals surface area (Å²) in [6.45, 7) is 0.811. The Labute approximate surface area is 231 Å². The van der Waals surface area contributed by atoms with Gasteiger partial charge in [-0.05, 0) is 55.0 Å². The number of nitrogens with two attached hydrogens (primary N) is 2. The highest BCUT2D eigenvalue weighted by Crippen LogP contribution is 2.12. The molecule has 12 heteroatoms. The van der Waals surface area contributed by atoms with E-state index in [1.165, 1.54) is 11.3 Å². The smallest absolute Gasteiger partial charge is 0.303 e. The number of hydrogen-bond donors (Lipinski definition) is 6. The van der Waals surface area contributed by atoms with Crippen LogP contribution in [0.4, 0.5) is 0 Å². The minimum atomic E-state index is -0.837. The van der Waals surface area contributed by atoms with Crippen LogP contribution in [0.1, 0.15) is 54.7 Å². The van der Waals surface area contributed by atoms with Crippen LogP contribution in [0.15, 0.2) is 35.0 Å². The zero-order chi connectivity index (χ0) is 27.8. The van der Waals surface area contributed by atoms with Crippen LogP contribution in [-0.4, -0.2) is 60.0 Å². The van der Waals surface area contributed by atoms with Crippen LogP contribution >= 0.6 is 22.7 Å². The Bertz CT molecular complexity index is 984. The first-order valence-electron chi connectivity index (χ1n) is 12.9. The van der Waals surface area contributed by atoms with Gasteiger partial charge in [-0.15, -0.1) is 22.7 Å². The lowest BCUT2D eigenvalue weighted by Crippen LogP contribution is -2.52. The van der Waals surface area contributed by atoms with Crippen molar-refractivity contribution < 1.29 is 24.3 Å². The maximum absolute atomic E-state index is 12.8. The molecule has 0 aliphatic carbocycles. The summed E-state index contributed by atoms with van der Waals surface area (Å²) in [5.41, 5.74) is 12.1. The number of nitrogens with one attached hydrogen (secondary N) is 3. The number of hydrogen-bond acceptors (Lipinski definition) is 8. The molecule has 0 radical (unpaired) electrons. The molecule has 10 nitrogen and oxygen atoms in total. The van der Waals surface area contributed by atoms with Crippen LogP contribution in [0.3, 0.4) is 0 Å². The van der Waals surface area contributed by atoms with E-state index in [0.717, 1.165) is 9.75 Å². The van der Waals surface area contributed by atoms with Gasteiger partial charge in [0.15, 0.2) is 0 Å². The Morgan fingerprint density at radius 3 is 1.87 bits per heavy atom. The second kappa shape index (κ2) is 17.7. The Morgan fingerprint density at radius 2 is 1.32 bits per heavy atom. The molecule has 0 aliphatic heterocycles. The Kier molecular flexibility index (Phi) is 14.6. The number of carboxylic acids is 1. The predicted octanol–water partition coefficient (Wildman–Crippen LogP) is 1.78. The molecular weight excluding hydrogens is 526 g/mol. The molecule has 3 amide bonds. The summed E-state index contributed by atoms with van der Waals surface area (Å²) in [7, 11) is 0. The largest absolute Gasteiger partial charge is 0.481 e. The van der Waals surface area contributed by atoms with Crippen molar-refractivity contribution in [2.75, 3.05) is 13.1 Å². The Hall–Kier alpha value is -2.80. The molecule has 0 spiro atoms. The van der Waals surface area contributed by atoms with Crippen molar-refractivity contribution in [2.45, 2.75) is 75.9 Å². The molecule has 2 aromatic heterocycles. The molecule has 3 unspecified atom stereocenters. The van der Waals surface area contributed by atoms with Crippen molar-refractivity contribution in [3.63, 3.8) is 0 Å². The molecule has 3 atom stereocenters. The summed E-state index contributed by atoms with van der Waals surface area (Å²) in [4.78, 5) is 50.5. The fourth-order valence-electron chi connectivity index (χ4n) is 3.75. The number of carbonyl (C=O) groups excluding carboxylic acids is 3. The average Bonchev–Trinajstić information content (AvgIpc) is 3.59. The van der Waals surface area contributed by atoms with Gasteiger partial charge in [0.1, 0.15) is 6.04 Å². The third-order valence-corrected chi connectivity index (χ3v) is 7.69. The lowest BCUT2D eigenvalue weighted by molar-refractivity contribution is -0.137. The maximum Gasteiger partial charge on any atom is 0.303 e. The molecule has 0 bridgehead atoms. The number of amides is 3. The summed E-state index contributed by atoms with van der Waals surface area (Å²) in [5.74, 6) is -1.75. The van der Waals surface area contributed by atoms with Gasteiger partial charge in [-0.1, -0.05) is 18.6 Å². The first-order chi connectivity index (χ1) is 18.3. The molecule has 0 aliphatic rings. The molecule has 210 valence electrons. The van der Waals surface area contributed by atoms with Gasteiger partial charge in [0.2, 0.25) is 17.7 Å². The van der Waals surface area contributed by atoms with Crippen molar-refractivity contribution in [1.29, 1.82) is 0 Å². The van der Waals surface area contributed by atoms with E-state index < -0.39 is 30.0 Å². The van der Waals surface area contributed by atoms with Crippen molar-refractivity contribution in [3.05, 3.63) is 44.8 Å². The van der Waals surface area contributed by atoms with E-state index in [9.17, 15) is 19.2 Å². The summed E-state index contributed by atoms with van der Waals surface area (Å²) in [6, 6.07) is 5.52. The SMILES string of the molecule is NC(Cc1cccs1)C(=O)NCCCCC(NC(=O)C(N)Cc1cccs1)C(=O)NCCCCCC(=O)O. The Balaban J connectivity index is 1.78. The molecule has 8 N–H and O–H groups in total. The quantitative estimate of drug-likeness (QED) is 0.141. The van der Waals surface area contributed by atoms with E-state index in [1.54, 1.807) is 11.3 Å². The fraction of sp³-hybridized carbons (Fsp3) is 0.538. The van der Waals surface area contributed by atoms with Crippen LogP contribution in [0, 0.1) is 0 Å². The number of unbranched alkanes of at least 4 members (excludes halogenated alkanes) is 3. The molecule has 0 saturated heterocycles. The van der Waals surface area contributed by atoms with E-state index in [2.05, 4.69) is 16.0 Å². The van der Waals surface area contributed by atoms with Gasteiger partial charge >= 0.3 is 5.97 Å². The van der Waals surface area contributed by atoms with Gasteiger partial charge in [-0.25, -0.2) is 0 Å². The van der Waals surface area contributed by atoms with Crippen LogP contribution in [0.2, 0.25) is 0 Å². The first kappa shape index (κ1) is 31.4. The monoisotopic (exact) mass is 565 g/mol. The van der Waals surface area contributed by atoms with Crippen molar-refractivity contribution in [1.82, 2.24) is 16.0 Å². The summed E-state index contributed by atoms with van der Waals surface area (Å²) in [6.07, 6.45) is 4.46. The van der Waals surface area contributed by atoms with Gasteiger partial charge in [-0.2, -0.15) is 0 Å². The second-order valence-corrected chi connectivity index (χ2v) is 11.2. The molecule has 0 fully saturated rings. The molecular formula is C26H39N5O5S2. The summed E-state index contributed by atoms with van der Waals surface area (Å²) >= 11 is 3.08. The van der Waals surface area contributed by atoms with Crippen molar-refractivity contribution >= 4 is 46.4 Å². The second-order valence-electron chi connectivity index (χ2n) is 9.12. The van der Waals surface area contributed by atoms with E-state index in [4.69, 9.17) is 16.6 Å². The van der Waals surface area contributed by atoms with Gasteiger partial charge < -0.3 is 32.5 Å². The number of aliphatic carboxylic acids is 1. The number of carboxylic acid groups (broad SMARTS) is 1. The van der Waals surface area contributed by atoms with E-state index in [1.807, 2.05) is 35.0 Å². The molecule has 0 saturated carbocycles. The van der Waals surface area contributed by atoms with Crippen LogP contribution < -0.4 is 27.4 Å². The lowest BCUT2D eigenvalue weighted by Gasteiger charge is -2.21. The highest BCUT2D eigenvalue weighted by Gasteiger charge is 2.24. The highest BCUT2D eigenvalue weighted by atomic mass is 32.1. The molecule has 2 aromatic rings. The maximum atomic E-state index is 12.8. The summed E-state index contributed by atoms with van der Waals surface area (Å²) < 4.78 is 0. The molecule has 0 aromatic carbocycles. The van der Waals surface area contributed by atoms with Crippen molar-refractivity contribution in [2.24, 2.45) is 11.5 Å². The molecule has 2 heterocycles. The standard InChI is InChI=1S/C26H39N5O5S2/c27-20(16-18-8-6-14-37-18)24(34)29-13-5-3-10-22(26(36)30-12-4-1-2-11-23(32)33)31-25(35)21(28)17-19-9-7-15-38-19/h6-9,14-15,20-22H,1-5,10-13,16-17,27-28H2,(H,29,34)(H,30,36)(H,31,35)(H,32,33). The van der Waals surface area contributed by atoms with Gasteiger partial charge in [-0.3, -0.25) is 19.2 Å². The van der Waals surface area contributed by atoms with Gasteiger partial charge in [0.25, 0.3) is 0 Å². The van der Waals surface area contributed by atoms with E-state index in [-0.39, 0.29) is 18.2 Å². The van der Waals surface area contributed by atoms with Crippen LogP contribution in [0.5, 0.6) is 0 Å². The third kappa shape index (κ3) is 12.6. The summed E-state index contributed by atoms with van der Waals surface area (Å²) in [5, 5.41) is 21.0. The van der Waals surface area contributed by atoms with Crippen LogP contribution in [-0.2, 0) is 32.0 Å². The van der Waals surface area contributed by atoms with Crippen molar-refractivity contribution in [3.8, 4) is 0 Å². The van der Waals surface area contributed by atoms with Gasteiger partial charge in [0.05, 0.1) is 12.1 Å². The van der Waals surface area contributed by atoms with Crippen LogP contribution in [0.25, 0.3) is 0 Å². The van der Waals surface area contributed by atoms with E-state index in [0.29, 0.717) is 64.5 Å². The first-order valence-corrected chi connectivity index (χ1v) is 14.7. The number of thiophene rings is 2. The topological polar surface area (TPSA) is 177 Å². The number of carbonyl (C=O) groups is 4. The van der Waals surface area contributed by atoms with E-state index >= 15 is 0 Å². The zero-order valence-corrected chi connectivity index (χ0v) is 23.2.